The van der Waals surface area contributed by atoms with Crippen LogP contribution in [0.3, 0.4) is 0 Å². The van der Waals surface area contributed by atoms with Crippen LogP contribution in [0.2, 0.25) is 0 Å². The van der Waals surface area contributed by atoms with Gasteiger partial charge < -0.3 is 0 Å². The van der Waals surface area contributed by atoms with E-state index in [1.807, 2.05) is 0 Å². The fourth-order valence-electron chi connectivity index (χ4n) is 0.667. The van der Waals surface area contributed by atoms with Gasteiger partial charge in [0.05, 0.1) is 0 Å². The van der Waals surface area contributed by atoms with E-state index in [0.29, 0.717) is 0 Å². The number of hydrogen-bond acceptors (Lipinski definition) is 9. The molecule has 14 heavy (non-hydrogen) atoms. The number of hydrazone groups is 1. The molecule has 5 N–H and O–H groups in total. The van der Waals surface area contributed by atoms with Crippen molar-refractivity contribution in [2.75, 3.05) is 5.43 Å². The van der Waals surface area contributed by atoms with Gasteiger partial charge in [0, 0.05) is 0 Å². The van der Waals surface area contributed by atoms with Crippen LogP contribution in [0.25, 0.3) is 0 Å². The Kier molecular flexibility index (Phi) is 2.14. The van der Waals surface area contributed by atoms with Crippen molar-refractivity contribution in [2.45, 2.75) is 6.23 Å². The number of aromatic nitrogens is 1. The molecule has 1 atom stereocenters. The summed E-state index contributed by atoms with van der Waals surface area (Å²) in [6.07, 6.45) is -0.819. The van der Waals surface area contributed by atoms with Crippen LogP contribution in [0.1, 0.15) is 0 Å². The van der Waals surface area contributed by atoms with Crippen molar-refractivity contribution in [3.8, 4) is 0 Å². The number of hydrogen-bond donors (Lipinski definition) is 4. The second-order valence-electron chi connectivity index (χ2n) is 2.24. The SMILES string of the molecule is N=c1oonc1NN=C1NOOC1N. The van der Waals surface area contributed by atoms with E-state index >= 15 is 0 Å². The second-order valence-corrected chi connectivity index (χ2v) is 2.24. The van der Waals surface area contributed by atoms with Gasteiger partial charge in [0.1, 0.15) is 0 Å². The minimum absolute atomic E-state index is 0.0124. The van der Waals surface area contributed by atoms with Crippen LogP contribution in [0.4, 0.5) is 5.82 Å². The Morgan fingerprint density at radius 3 is 3.07 bits per heavy atom. The predicted molar refractivity (Wildman–Crippen MR) is 39.0 cm³/mol. The van der Waals surface area contributed by atoms with Gasteiger partial charge in [-0.3, -0.25) is 16.6 Å². The number of anilines is 1. The van der Waals surface area contributed by atoms with Crippen LogP contribution in [-0.2, 0) is 9.88 Å². The molecule has 1 aromatic rings. The molecule has 0 radical (unpaired) electrons. The van der Waals surface area contributed by atoms with Crippen LogP contribution in [-0.4, -0.2) is 17.2 Å². The molecule has 1 unspecified atom stereocenters. The zero-order chi connectivity index (χ0) is 9.97. The number of nitrogens with zero attached hydrogens (tertiary/aromatic N) is 2. The van der Waals surface area contributed by atoms with Gasteiger partial charge in [-0.1, -0.05) is 0 Å². The normalized spacial score (nSPS) is 23.8. The van der Waals surface area contributed by atoms with Crippen LogP contribution in [0.15, 0.2) is 14.4 Å². The van der Waals surface area contributed by atoms with Gasteiger partial charge in [0.25, 0.3) is 5.82 Å². The van der Waals surface area contributed by atoms with Crippen molar-refractivity contribution in [3.63, 3.8) is 0 Å². The van der Waals surface area contributed by atoms with Gasteiger partial charge in [0.2, 0.25) is 6.23 Å². The van der Waals surface area contributed by atoms with Crippen molar-refractivity contribution in [2.24, 2.45) is 10.8 Å². The summed E-state index contributed by atoms with van der Waals surface area (Å²) in [6.45, 7) is 0. The molecule has 2 heterocycles. The third kappa shape index (κ3) is 1.56. The van der Waals surface area contributed by atoms with Crippen LogP contribution < -0.4 is 22.2 Å². The summed E-state index contributed by atoms with van der Waals surface area (Å²) in [7, 11) is 0. The number of nitrogens with two attached hydrogens (primary N) is 1. The van der Waals surface area contributed by atoms with Crippen molar-refractivity contribution in [1.29, 1.82) is 5.41 Å². The van der Waals surface area contributed by atoms with Crippen LogP contribution in [0, 0.1) is 5.41 Å². The Hall–Kier alpha value is -1.91. The van der Waals surface area contributed by atoms with Gasteiger partial charge in [-0.25, -0.2) is 10.1 Å². The highest BCUT2D eigenvalue weighted by Crippen LogP contribution is 1.97. The first-order valence-corrected chi connectivity index (χ1v) is 3.45. The van der Waals surface area contributed by atoms with Crippen molar-refractivity contribution < 1.29 is 19.1 Å². The molecule has 10 nitrogen and oxygen atoms in total. The molecule has 0 aromatic carbocycles. The fraction of sp³-hybridized carbons (Fsp3) is 0.250. The van der Waals surface area contributed by atoms with E-state index in [9.17, 15) is 0 Å². The van der Waals surface area contributed by atoms with Gasteiger partial charge in [-0.05, 0) is 5.16 Å². The Balaban J connectivity index is 2.06. The molecule has 0 saturated carbocycles. The number of nitrogens with one attached hydrogen (secondary N) is 3. The van der Waals surface area contributed by atoms with E-state index in [4.69, 9.17) is 11.1 Å². The van der Waals surface area contributed by atoms with E-state index in [-0.39, 0.29) is 17.2 Å². The molecule has 1 saturated heterocycles. The highest BCUT2D eigenvalue weighted by atomic mass is 17.3. The van der Waals surface area contributed by atoms with Crippen molar-refractivity contribution >= 4 is 11.7 Å². The maximum absolute atomic E-state index is 7.11. The van der Waals surface area contributed by atoms with Crippen molar-refractivity contribution in [1.82, 2.24) is 10.6 Å². The maximum atomic E-state index is 7.11. The lowest BCUT2D eigenvalue weighted by Crippen LogP contribution is -2.32. The van der Waals surface area contributed by atoms with Gasteiger partial charge in [-0.15, -0.1) is 4.99 Å². The lowest BCUT2D eigenvalue weighted by Gasteiger charge is -1.96. The largest absolute Gasteiger partial charge is 0.313 e. The maximum Gasteiger partial charge on any atom is 0.313 e. The first-order valence-electron chi connectivity index (χ1n) is 3.45. The van der Waals surface area contributed by atoms with Gasteiger partial charge in [0.15, 0.2) is 5.84 Å². The lowest BCUT2D eigenvalue weighted by molar-refractivity contribution is -0.305. The molecule has 1 aliphatic heterocycles. The molecule has 0 bridgehead atoms. The molecule has 10 heteroatoms. The van der Waals surface area contributed by atoms with Gasteiger partial charge >= 0.3 is 5.55 Å². The fourth-order valence-corrected chi connectivity index (χ4v) is 0.667. The zero-order valence-corrected chi connectivity index (χ0v) is 6.68. The average Bonchev–Trinajstić information content (AvgIpc) is 2.72. The Labute approximate surface area is 76.0 Å². The summed E-state index contributed by atoms with van der Waals surface area (Å²) in [5, 5.41) is 14.1. The number of hydroxylamine groups is 1. The summed E-state index contributed by atoms with van der Waals surface area (Å²) in [5.74, 6) is 0.214. The van der Waals surface area contributed by atoms with Gasteiger partial charge in [-0.2, -0.15) is 14.7 Å². The Bertz CT molecular complexity index is 395. The van der Waals surface area contributed by atoms with E-state index in [1.54, 1.807) is 0 Å². The summed E-state index contributed by atoms with van der Waals surface area (Å²) in [4.78, 5) is 8.76. The average molecular weight is 202 g/mol. The monoisotopic (exact) mass is 202 g/mol. The smallest absolute Gasteiger partial charge is 0.297 e. The third-order valence-corrected chi connectivity index (χ3v) is 1.31. The van der Waals surface area contributed by atoms with Crippen molar-refractivity contribution in [3.05, 3.63) is 5.55 Å². The highest BCUT2D eigenvalue weighted by Gasteiger charge is 2.21. The standard InChI is InChI=1S/C4H6N6O4/c5-1-3(9-13-11-1)7-8-4-2(6)12-14-10-4/h1,6H,5H2,(H,7,9)(H,8,10). The summed E-state index contributed by atoms with van der Waals surface area (Å²) in [5.41, 5.74) is 9.72. The molecule has 0 amide bonds. The predicted octanol–water partition coefficient (Wildman–Crippen LogP) is -1.78. The summed E-state index contributed by atoms with van der Waals surface area (Å²) >= 11 is 0. The van der Waals surface area contributed by atoms with E-state index in [1.165, 1.54) is 0 Å². The third-order valence-electron chi connectivity index (χ3n) is 1.31. The molecule has 76 valence electrons. The molecule has 1 fully saturated rings. The minimum Gasteiger partial charge on any atom is -0.297 e. The molecule has 1 aliphatic rings. The number of amidine groups is 1. The first-order chi connectivity index (χ1) is 6.77. The molecule has 2 rings (SSSR count). The number of rotatable bonds is 2. The second kappa shape index (κ2) is 3.45. The molecule has 0 spiro atoms. The molecular weight excluding hydrogens is 196 g/mol. The van der Waals surface area contributed by atoms with Crippen LogP contribution in [0.5, 0.6) is 0 Å². The Morgan fingerprint density at radius 2 is 2.50 bits per heavy atom. The molecule has 0 aliphatic carbocycles. The highest BCUT2D eigenvalue weighted by molar-refractivity contribution is 5.86. The Morgan fingerprint density at radius 1 is 1.64 bits per heavy atom. The quantitative estimate of drug-likeness (QED) is 0.325. The van der Waals surface area contributed by atoms with E-state index in [2.05, 4.69) is 40.3 Å². The molecular formula is C4H6N6O4. The zero-order valence-electron chi connectivity index (χ0n) is 6.68. The van der Waals surface area contributed by atoms with E-state index in [0.717, 1.165) is 0 Å². The molecule has 1 aromatic heterocycles. The summed E-state index contributed by atoms with van der Waals surface area (Å²) in [6, 6.07) is 0. The lowest BCUT2D eigenvalue weighted by atomic mass is 10.5. The first kappa shape index (κ1) is 8.68. The minimum atomic E-state index is -0.819. The topological polar surface area (TPSA) is 144 Å². The summed E-state index contributed by atoms with van der Waals surface area (Å²) < 4.78 is 8.37. The van der Waals surface area contributed by atoms with Crippen LogP contribution >= 0.6 is 0 Å². The van der Waals surface area contributed by atoms with E-state index < -0.39 is 6.23 Å².